The average molecular weight is 433 g/mol. The van der Waals surface area contributed by atoms with Crippen LogP contribution in [0.5, 0.6) is 0 Å². The summed E-state index contributed by atoms with van der Waals surface area (Å²) in [6.45, 7) is 7.50. The Balaban J connectivity index is 1.43. The number of guanidine groups is 1. The SMILES string of the molecule is Cc1nnc(CN=C(NCC2CCCO2)N2CCN(c3ccncc3Cl)CC2)n1C. The zero-order chi connectivity index (χ0) is 20.9. The molecule has 0 bridgehead atoms. The van der Waals surface area contributed by atoms with Crippen LogP contribution in [0.1, 0.15) is 24.5 Å². The summed E-state index contributed by atoms with van der Waals surface area (Å²) in [5, 5.41) is 12.6. The first-order valence-electron chi connectivity index (χ1n) is 10.5. The summed E-state index contributed by atoms with van der Waals surface area (Å²) >= 11 is 6.33. The molecule has 0 saturated carbocycles. The first-order valence-corrected chi connectivity index (χ1v) is 10.8. The Labute approximate surface area is 182 Å². The van der Waals surface area contributed by atoms with E-state index in [4.69, 9.17) is 21.3 Å². The molecule has 162 valence electrons. The van der Waals surface area contributed by atoms with Gasteiger partial charge in [0.1, 0.15) is 12.4 Å². The molecule has 4 rings (SSSR count). The van der Waals surface area contributed by atoms with Gasteiger partial charge in [-0.1, -0.05) is 11.6 Å². The van der Waals surface area contributed by atoms with Crippen molar-refractivity contribution < 1.29 is 4.74 Å². The highest BCUT2D eigenvalue weighted by Crippen LogP contribution is 2.25. The molecule has 2 aliphatic rings. The van der Waals surface area contributed by atoms with Crippen LogP contribution in [0.15, 0.2) is 23.5 Å². The Bertz CT molecular complexity index is 871. The quantitative estimate of drug-likeness (QED) is 0.567. The second-order valence-corrected chi connectivity index (χ2v) is 8.09. The van der Waals surface area contributed by atoms with Crippen LogP contribution in [-0.2, 0) is 18.3 Å². The number of aromatic nitrogens is 4. The Morgan fingerprint density at radius 2 is 2.13 bits per heavy atom. The van der Waals surface area contributed by atoms with Crippen molar-refractivity contribution >= 4 is 23.2 Å². The molecule has 2 aromatic heterocycles. The number of nitrogens with zero attached hydrogens (tertiary/aromatic N) is 7. The van der Waals surface area contributed by atoms with Crippen molar-refractivity contribution in [1.82, 2.24) is 30.0 Å². The topological polar surface area (TPSA) is 83.7 Å². The summed E-state index contributed by atoms with van der Waals surface area (Å²) in [6.07, 6.45) is 5.96. The molecule has 2 fully saturated rings. The molecule has 30 heavy (non-hydrogen) atoms. The first kappa shape index (κ1) is 20.9. The van der Waals surface area contributed by atoms with Gasteiger partial charge in [0.05, 0.1) is 16.8 Å². The molecule has 9 nitrogen and oxygen atoms in total. The predicted octanol–water partition coefficient (Wildman–Crippen LogP) is 1.62. The summed E-state index contributed by atoms with van der Waals surface area (Å²) in [5.41, 5.74) is 1.03. The molecule has 4 heterocycles. The molecule has 10 heteroatoms. The largest absolute Gasteiger partial charge is 0.376 e. The molecule has 2 aliphatic heterocycles. The molecule has 0 radical (unpaired) electrons. The van der Waals surface area contributed by atoms with Crippen molar-refractivity contribution in [3.05, 3.63) is 35.1 Å². The Morgan fingerprint density at radius 3 is 2.80 bits per heavy atom. The lowest BCUT2D eigenvalue weighted by atomic mass is 10.2. The number of nitrogens with one attached hydrogen (secondary N) is 1. The number of piperazine rings is 1. The molecular weight excluding hydrogens is 404 g/mol. The average Bonchev–Trinajstić information content (AvgIpc) is 3.40. The lowest BCUT2D eigenvalue weighted by molar-refractivity contribution is 0.113. The fourth-order valence-corrected chi connectivity index (χ4v) is 4.03. The maximum Gasteiger partial charge on any atom is 0.194 e. The van der Waals surface area contributed by atoms with Gasteiger partial charge in [0.25, 0.3) is 0 Å². The number of aliphatic imine (C=N–C) groups is 1. The van der Waals surface area contributed by atoms with Gasteiger partial charge in [-0.25, -0.2) is 4.99 Å². The minimum absolute atomic E-state index is 0.254. The van der Waals surface area contributed by atoms with Gasteiger partial charge in [-0.3, -0.25) is 4.98 Å². The van der Waals surface area contributed by atoms with Crippen molar-refractivity contribution in [1.29, 1.82) is 0 Å². The summed E-state index contributed by atoms with van der Waals surface area (Å²) in [6, 6.07) is 1.97. The van der Waals surface area contributed by atoms with Crippen molar-refractivity contribution in [2.24, 2.45) is 12.0 Å². The molecule has 0 spiro atoms. The Morgan fingerprint density at radius 1 is 1.30 bits per heavy atom. The van der Waals surface area contributed by atoms with Crippen molar-refractivity contribution in [3.63, 3.8) is 0 Å². The van der Waals surface area contributed by atoms with Crippen LogP contribution in [0, 0.1) is 6.92 Å². The van der Waals surface area contributed by atoms with E-state index in [-0.39, 0.29) is 6.10 Å². The number of hydrogen-bond donors (Lipinski definition) is 1. The maximum atomic E-state index is 6.33. The third-order valence-corrected chi connectivity index (χ3v) is 6.03. The summed E-state index contributed by atoms with van der Waals surface area (Å²) < 4.78 is 7.75. The van der Waals surface area contributed by atoms with Crippen LogP contribution in [0.2, 0.25) is 5.02 Å². The van der Waals surface area contributed by atoms with Crippen LogP contribution < -0.4 is 10.2 Å². The highest BCUT2D eigenvalue weighted by molar-refractivity contribution is 6.33. The van der Waals surface area contributed by atoms with Crippen molar-refractivity contribution in [3.8, 4) is 0 Å². The van der Waals surface area contributed by atoms with Gasteiger partial charge in [0.15, 0.2) is 11.8 Å². The van der Waals surface area contributed by atoms with Gasteiger partial charge >= 0.3 is 0 Å². The Kier molecular flexibility index (Phi) is 6.69. The van der Waals surface area contributed by atoms with E-state index in [0.29, 0.717) is 11.6 Å². The number of hydrogen-bond acceptors (Lipinski definition) is 6. The standard InChI is InChI=1S/C20H29ClN8O/c1-15-25-26-19(27(15)2)14-24-20(23-12-16-4-3-11-30-16)29-9-7-28(8-10-29)18-5-6-22-13-17(18)21/h5-6,13,16H,3-4,7-12,14H2,1-2H3,(H,23,24). The van der Waals surface area contributed by atoms with E-state index in [1.54, 1.807) is 12.4 Å². The first-order chi connectivity index (χ1) is 14.6. The summed E-state index contributed by atoms with van der Waals surface area (Å²) in [7, 11) is 1.97. The molecular formula is C20H29ClN8O. The smallest absolute Gasteiger partial charge is 0.194 e. The minimum Gasteiger partial charge on any atom is -0.376 e. The fourth-order valence-electron chi connectivity index (χ4n) is 3.80. The van der Waals surface area contributed by atoms with E-state index in [0.717, 1.165) is 75.5 Å². The third-order valence-electron chi connectivity index (χ3n) is 5.74. The molecule has 1 N–H and O–H groups in total. The van der Waals surface area contributed by atoms with E-state index < -0.39 is 0 Å². The molecule has 0 aliphatic carbocycles. The fraction of sp³-hybridized carbons (Fsp3) is 0.600. The Hall–Kier alpha value is -2.39. The molecule has 1 atom stereocenters. The normalized spacial score (nSPS) is 20.1. The van der Waals surface area contributed by atoms with E-state index >= 15 is 0 Å². The zero-order valence-corrected chi connectivity index (χ0v) is 18.3. The van der Waals surface area contributed by atoms with Crippen molar-refractivity contribution in [2.75, 3.05) is 44.2 Å². The van der Waals surface area contributed by atoms with Crippen molar-refractivity contribution in [2.45, 2.75) is 32.4 Å². The molecule has 0 aromatic carbocycles. The maximum absolute atomic E-state index is 6.33. The van der Waals surface area contributed by atoms with Gasteiger partial charge in [-0.05, 0) is 25.8 Å². The molecule has 1 unspecified atom stereocenters. The molecule has 2 aromatic rings. The number of ether oxygens (including phenoxy) is 1. The number of halogens is 1. The number of aryl methyl sites for hydroxylation is 1. The van der Waals surface area contributed by atoms with Crippen LogP contribution >= 0.6 is 11.6 Å². The van der Waals surface area contributed by atoms with Gasteiger partial charge in [0.2, 0.25) is 0 Å². The molecule has 2 saturated heterocycles. The second kappa shape index (κ2) is 9.61. The number of rotatable bonds is 5. The molecule has 0 amide bonds. The van der Waals surface area contributed by atoms with E-state index in [1.807, 2.05) is 24.6 Å². The van der Waals surface area contributed by atoms with E-state index in [2.05, 4.69) is 30.3 Å². The van der Waals surface area contributed by atoms with Crippen LogP contribution in [0.3, 0.4) is 0 Å². The highest BCUT2D eigenvalue weighted by Gasteiger charge is 2.23. The van der Waals surface area contributed by atoms with Gasteiger partial charge in [-0.2, -0.15) is 0 Å². The lowest BCUT2D eigenvalue weighted by Crippen LogP contribution is -2.53. The van der Waals surface area contributed by atoms with Gasteiger partial charge in [-0.15, -0.1) is 10.2 Å². The van der Waals surface area contributed by atoms with E-state index in [9.17, 15) is 0 Å². The number of anilines is 1. The number of pyridine rings is 1. The third kappa shape index (κ3) is 4.84. The van der Waals surface area contributed by atoms with Crippen LogP contribution in [0.25, 0.3) is 0 Å². The monoisotopic (exact) mass is 432 g/mol. The van der Waals surface area contributed by atoms with Crippen LogP contribution in [-0.4, -0.2) is 76.0 Å². The minimum atomic E-state index is 0.254. The summed E-state index contributed by atoms with van der Waals surface area (Å²) in [5.74, 6) is 2.63. The predicted molar refractivity (Wildman–Crippen MR) is 117 cm³/mol. The lowest BCUT2D eigenvalue weighted by Gasteiger charge is -2.38. The van der Waals surface area contributed by atoms with Gasteiger partial charge < -0.3 is 24.4 Å². The van der Waals surface area contributed by atoms with E-state index in [1.165, 1.54) is 0 Å². The second-order valence-electron chi connectivity index (χ2n) is 7.68. The highest BCUT2D eigenvalue weighted by atomic mass is 35.5. The van der Waals surface area contributed by atoms with Crippen LogP contribution in [0.4, 0.5) is 5.69 Å². The van der Waals surface area contributed by atoms with Gasteiger partial charge in [0, 0.05) is 58.8 Å². The zero-order valence-electron chi connectivity index (χ0n) is 17.6. The summed E-state index contributed by atoms with van der Waals surface area (Å²) in [4.78, 5) is 13.5.